The molecule has 1 fully saturated rings. The van der Waals surface area contributed by atoms with Gasteiger partial charge in [-0.1, -0.05) is 13.0 Å². The normalized spacial score (nSPS) is 15.8. The molecule has 1 aliphatic carbocycles. The molecule has 1 unspecified atom stereocenters. The van der Waals surface area contributed by atoms with Gasteiger partial charge in [0.25, 0.3) is 0 Å². The van der Waals surface area contributed by atoms with Crippen LogP contribution in [0.3, 0.4) is 0 Å². The van der Waals surface area contributed by atoms with Gasteiger partial charge in [0.1, 0.15) is 0 Å². The lowest BCUT2D eigenvalue weighted by molar-refractivity contribution is -0.137. The summed E-state index contributed by atoms with van der Waals surface area (Å²) >= 11 is 0. The van der Waals surface area contributed by atoms with Crippen LogP contribution in [0, 0.1) is 5.92 Å². The van der Waals surface area contributed by atoms with Crippen LogP contribution in [0.4, 0.5) is 4.79 Å². The van der Waals surface area contributed by atoms with E-state index in [2.05, 4.69) is 11.9 Å². The summed E-state index contributed by atoms with van der Waals surface area (Å²) in [6.07, 6.45) is 4.59. The zero-order valence-electron chi connectivity index (χ0n) is 10.9. The SMILES string of the molecule is C=CCN(C(=O)NCC(C)CCC(=O)O)C1CC1. The van der Waals surface area contributed by atoms with Gasteiger partial charge in [0.05, 0.1) is 0 Å². The summed E-state index contributed by atoms with van der Waals surface area (Å²) in [5.41, 5.74) is 0. The van der Waals surface area contributed by atoms with E-state index in [0.717, 1.165) is 12.8 Å². The number of amides is 2. The molecule has 1 saturated carbocycles. The zero-order valence-corrected chi connectivity index (χ0v) is 10.9. The van der Waals surface area contributed by atoms with E-state index in [4.69, 9.17) is 5.11 Å². The van der Waals surface area contributed by atoms with Gasteiger partial charge in [-0.2, -0.15) is 0 Å². The van der Waals surface area contributed by atoms with Gasteiger partial charge in [-0.25, -0.2) is 4.79 Å². The van der Waals surface area contributed by atoms with Crippen molar-refractivity contribution in [2.24, 2.45) is 5.92 Å². The molecule has 5 nitrogen and oxygen atoms in total. The zero-order chi connectivity index (χ0) is 13.5. The average Bonchev–Trinajstić information content (AvgIpc) is 3.14. The molecule has 102 valence electrons. The van der Waals surface area contributed by atoms with Crippen LogP contribution < -0.4 is 5.32 Å². The van der Waals surface area contributed by atoms with Crippen LogP contribution in [0.2, 0.25) is 0 Å². The number of nitrogens with zero attached hydrogens (tertiary/aromatic N) is 1. The quantitative estimate of drug-likeness (QED) is 0.649. The Hall–Kier alpha value is -1.52. The average molecular weight is 254 g/mol. The Kier molecular flexibility index (Phi) is 5.68. The molecule has 0 aromatic heterocycles. The molecule has 0 aromatic rings. The Bertz CT molecular complexity index is 313. The van der Waals surface area contributed by atoms with Crippen LogP contribution in [-0.2, 0) is 4.79 Å². The fourth-order valence-electron chi connectivity index (χ4n) is 1.76. The molecule has 0 bridgehead atoms. The third-order valence-electron chi connectivity index (χ3n) is 3.03. The lowest BCUT2D eigenvalue weighted by Gasteiger charge is -2.22. The Labute approximate surface area is 108 Å². The van der Waals surface area contributed by atoms with Gasteiger partial charge < -0.3 is 15.3 Å². The largest absolute Gasteiger partial charge is 0.481 e. The molecule has 0 spiro atoms. The van der Waals surface area contributed by atoms with E-state index >= 15 is 0 Å². The predicted octanol–water partition coefficient (Wildman–Crippen LogP) is 1.85. The predicted molar refractivity (Wildman–Crippen MR) is 69.4 cm³/mol. The van der Waals surface area contributed by atoms with Crippen molar-refractivity contribution in [3.63, 3.8) is 0 Å². The third-order valence-corrected chi connectivity index (χ3v) is 3.03. The smallest absolute Gasteiger partial charge is 0.317 e. The molecule has 0 aliphatic heterocycles. The van der Waals surface area contributed by atoms with E-state index in [0.29, 0.717) is 25.6 Å². The number of carboxylic acid groups (broad SMARTS) is 1. The highest BCUT2D eigenvalue weighted by atomic mass is 16.4. The maximum atomic E-state index is 11.9. The standard InChI is InChI=1S/C13H22N2O3/c1-3-8-15(11-5-6-11)13(18)14-9-10(2)4-7-12(16)17/h3,10-11H,1,4-9H2,2H3,(H,14,18)(H,16,17). The highest BCUT2D eigenvalue weighted by Crippen LogP contribution is 2.26. The van der Waals surface area contributed by atoms with E-state index in [1.807, 2.05) is 6.92 Å². The number of hydrogen-bond acceptors (Lipinski definition) is 2. The highest BCUT2D eigenvalue weighted by Gasteiger charge is 2.31. The van der Waals surface area contributed by atoms with Crippen LogP contribution >= 0.6 is 0 Å². The lowest BCUT2D eigenvalue weighted by Crippen LogP contribution is -2.42. The van der Waals surface area contributed by atoms with Gasteiger partial charge in [-0.15, -0.1) is 6.58 Å². The Morgan fingerprint density at radius 3 is 2.72 bits per heavy atom. The number of rotatable bonds is 8. The molecule has 1 atom stereocenters. The second-order valence-corrected chi connectivity index (χ2v) is 4.90. The van der Waals surface area contributed by atoms with Gasteiger partial charge in [-0.3, -0.25) is 4.79 Å². The minimum Gasteiger partial charge on any atom is -0.481 e. The number of carboxylic acids is 1. The van der Waals surface area contributed by atoms with Crippen LogP contribution in [0.15, 0.2) is 12.7 Å². The molecule has 0 aromatic carbocycles. The molecule has 5 heteroatoms. The van der Waals surface area contributed by atoms with Crippen molar-refractivity contribution in [3.05, 3.63) is 12.7 Å². The number of carbonyl (C=O) groups is 2. The van der Waals surface area contributed by atoms with E-state index in [1.165, 1.54) is 0 Å². The van der Waals surface area contributed by atoms with E-state index in [-0.39, 0.29) is 18.4 Å². The van der Waals surface area contributed by atoms with Crippen molar-refractivity contribution in [1.82, 2.24) is 10.2 Å². The number of urea groups is 1. The number of nitrogens with one attached hydrogen (secondary N) is 1. The first-order chi connectivity index (χ1) is 8.54. The number of hydrogen-bond donors (Lipinski definition) is 2. The van der Waals surface area contributed by atoms with Crippen molar-refractivity contribution in [2.45, 2.75) is 38.6 Å². The summed E-state index contributed by atoms with van der Waals surface area (Å²) < 4.78 is 0. The molecule has 1 rings (SSSR count). The summed E-state index contributed by atoms with van der Waals surface area (Å²) in [6.45, 7) is 6.68. The van der Waals surface area contributed by atoms with Crippen molar-refractivity contribution >= 4 is 12.0 Å². The van der Waals surface area contributed by atoms with Crippen molar-refractivity contribution in [2.75, 3.05) is 13.1 Å². The molecule has 18 heavy (non-hydrogen) atoms. The summed E-state index contributed by atoms with van der Waals surface area (Å²) in [6, 6.07) is 0.289. The lowest BCUT2D eigenvalue weighted by atomic mass is 10.1. The first-order valence-corrected chi connectivity index (χ1v) is 6.41. The van der Waals surface area contributed by atoms with Gasteiger partial charge in [0, 0.05) is 25.6 Å². The molecular formula is C13H22N2O3. The third kappa shape index (κ3) is 5.21. The topological polar surface area (TPSA) is 69.6 Å². The van der Waals surface area contributed by atoms with Gasteiger partial charge in [-0.05, 0) is 25.2 Å². The summed E-state index contributed by atoms with van der Waals surface area (Å²) in [4.78, 5) is 24.1. The summed E-state index contributed by atoms with van der Waals surface area (Å²) in [5.74, 6) is -0.616. The molecule has 0 heterocycles. The number of carbonyl (C=O) groups excluding carboxylic acids is 1. The molecular weight excluding hydrogens is 232 g/mol. The number of aliphatic carboxylic acids is 1. The fraction of sp³-hybridized carbons (Fsp3) is 0.692. The second kappa shape index (κ2) is 7.03. The van der Waals surface area contributed by atoms with Crippen LogP contribution in [-0.4, -0.2) is 41.1 Å². The van der Waals surface area contributed by atoms with Crippen molar-refractivity contribution < 1.29 is 14.7 Å². The maximum Gasteiger partial charge on any atom is 0.317 e. The van der Waals surface area contributed by atoms with E-state index < -0.39 is 5.97 Å². The van der Waals surface area contributed by atoms with Gasteiger partial charge >= 0.3 is 12.0 Å². The fourth-order valence-corrected chi connectivity index (χ4v) is 1.76. The van der Waals surface area contributed by atoms with Crippen LogP contribution in [0.5, 0.6) is 0 Å². The van der Waals surface area contributed by atoms with Crippen molar-refractivity contribution in [1.29, 1.82) is 0 Å². The molecule has 2 N–H and O–H groups in total. The van der Waals surface area contributed by atoms with Crippen molar-refractivity contribution in [3.8, 4) is 0 Å². The van der Waals surface area contributed by atoms with E-state index in [1.54, 1.807) is 11.0 Å². The maximum absolute atomic E-state index is 11.9. The summed E-state index contributed by atoms with van der Waals surface area (Å²) in [7, 11) is 0. The van der Waals surface area contributed by atoms with E-state index in [9.17, 15) is 9.59 Å². The monoisotopic (exact) mass is 254 g/mol. The highest BCUT2D eigenvalue weighted by molar-refractivity contribution is 5.75. The first kappa shape index (κ1) is 14.5. The van der Waals surface area contributed by atoms with Gasteiger partial charge in [0.15, 0.2) is 0 Å². The second-order valence-electron chi connectivity index (χ2n) is 4.90. The minimum absolute atomic E-state index is 0.0698. The van der Waals surface area contributed by atoms with Gasteiger partial charge in [0.2, 0.25) is 0 Å². The molecule has 2 amide bonds. The van der Waals surface area contributed by atoms with Crippen LogP contribution in [0.25, 0.3) is 0 Å². The summed E-state index contributed by atoms with van der Waals surface area (Å²) in [5, 5.41) is 11.4. The Morgan fingerprint density at radius 1 is 1.56 bits per heavy atom. The molecule has 0 radical (unpaired) electrons. The Balaban J connectivity index is 2.25. The Morgan fingerprint density at radius 2 is 2.22 bits per heavy atom. The molecule has 1 aliphatic rings. The van der Waals surface area contributed by atoms with Crippen LogP contribution in [0.1, 0.15) is 32.6 Å². The first-order valence-electron chi connectivity index (χ1n) is 6.41. The molecule has 0 saturated heterocycles. The minimum atomic E-state index is -0.792.